The number of carbonyl (C=O) groups is 3. The summed E-state index contributed by atoms with van der Waals surface area (Å²) in [5.74, 6) is -2.21. The second-order valence-electron chi connectivity index (χ2n) is 10.1. The minimum absolute atomic E-state index is 0.125. The molecule has 0 aromatic heterocycles. The van der Waals surface area contributed by atoms with Crippen molar-refractivity contribution in [1.29, 1.82) is 0 Å². The molecule has 3 atom stereocenters. The first-order valence-electron chi connectivity index (χ1n) is 11.3. The zero-order chi connectivity index (χ0) is 25.4. The zero-order valence-electron chi connectivity index (χ0n) is 20.5. The summed E-state index contributed by atoms with van der Waals surface area (Å²) in [6.45, 7) is 7.83. The molecule has 186 valence electrons. The Labute approximate surface area is 199 Å². The highest BCUT2D eigenvalue weighted by Gasteiger charge is 2.51. The van der Waals surface area contributed by atoms with Crippen LogP contribution in [0.15, 0.2) is 24.3 Å². The van der Waals surface area contributed by atoms with Gasteiger partial charge in [0.2, 0.25) is 11.8 Å². The van der Waals surface area contributed by atoms with E-state index in [1.165, 1.54) is 23.9 Å². The number of amides is 3. The van der Waals surface area contributed by atoms with Crippen LogP contribution in [0.3, 0.4) is 0 Å². The molecule has 2 aliphatic rings. The van der Waals surface area contributed by atoms with Crippen molar-refractivity contribution in [2.24, 2.45) is 0 Å². The average Bonchev–Trinajstić information content (AvgIpc) is 3.26. The van der Waals surface area contributed by atoms with Gasteiger partial charge in [-0.25, -0.2) is 9.18 Å². The van der Waals surface area contributed by atoms with Gasteiger partial charge in [0.05, 0.1) is 23.7 Å². The smallest absolute Gasteiger partial charge is 0.465 e. The van der Waals surface area contributed by atoms with Crippen molar-refractivity contribution in [3.8, 4) is 0 Å². The van der Waals surface area contributed by atoms with Crippen molar-refractivity contribution in [2.45, 2.75) is 63.4 Å². The Morgan fingerprint density at radius 1 is 1.15 bits per heavy atom. The summed E-state index contributed by atoms with van der Waals surface area (Å²) in [5, 5.41) is 11.6. The van der Waals surface area contributed by atoms with Gasteiger partial charge in [-0.3, -0.25) is 9.59 Å². The van der Waals surface area contributed by atoms with Gasteiger partial charge in [-0.15, -0.1) is 0 Å². The van der Waals surface area contributed by atoms with E-state index in [0.717, 1.165) is 5.46 Å². The van der Waals surface area contributed by atoms with Crippen LogP contribution in [-0.4, -0.2) is 90.5 Å². The normalized spacial score (nSPS) is 22.9. The third kappa shape index (κ3) is 5.20. The van der Waals surface area contributed by atoms with Gasteiger partial charge < -0.3 is 29.5 Å². The lowest BCUT2D eigenvalue weighted by atomic mass is 9.77. The number of hydrogen-bond acceptors (Lipinski definition) is 5. The summed E-state index contributed by atoms with van der Waals surface area (Å²) in [4.78, 5) is 40.5. The first kappa shape index (κ1) is 26.0. The van der Waals surface area contributed by atoms with Crippen molar-refractivity contribution in [2.75, 3.05) is 27.2 Å². The fraction of sp³-hybridized carbons (Fsp3) is 0.609. The van der Waals surface area contributed by atoms with Gasteiger partial charge in [-0.05, 0) is 45.1 Å². The van der Waals surface area contributed by atoms with Gasteiger partial charge in [-0.1, -0.05) is 24.3 Å². The van der Waals surface area contributed by atoms with Crippen LogP contribution in [-0.2, 0) is 18.9 Å². The maximum atomic E-state index is 13.7. The molecule has 0 radical (unpaired) electrons. The summed E-state index contributed by atoms with van der Waals surface area (Å²) >= 11 is 0. The Balaban J connectivity index is 1.94. The predicted octanol–water partition coefficient (Wildman–Crippen LogP) is 1.36. The van der Waals surface area contributed by atoms with Gasteiger partial charge >= 0.3 is 13.2 Å². The highest BCUT2D eigenvalue weighted by molar-refractivity contribution is 6.62. The van der Waals surface area contributed by atoms with Gasteiger partial charge in [0.15, 0.2) is 0 Å². The van der Waals surface area contributed by atoms with Crippen LogP contribution >= 0.6 is 0 Å². The number of halogens is 1. The minimum Gasteiger partial charge on any atom is -0.465 e. The molecule has 2 fully saturated rings. The van der Waals surface area contributed by atoms with Crippen LogP contribution in [0.2, 0.25) is 0 Å². The molecular weight excluding hydrogens is 444 g/mol. The summed E-state index contributed by atoms with van der Waals surface area (Å²) in [6, 6.07) is 5.41. The molecule has 2 N–H and O–H groups in total. The van der Waals surface area contributed by atoms with E-state index in [1.54, 1.807) is 24.3 Å². The molecule has 34 heavy (non-hydrogen) atoms. The number of nitrogens with zero attached hydrogens (tertiary/aromatic N) is 2. The highest BCUT2D eigenvalue weighted by atomic mass is 19.1. The monoisotopic (exact) mass is 477 g/mol. The highest BCUT2D eigenvalue weighted by Crippen LogP contribution is 2.36. The van der Waals surface area contributed by atoms with Crippen LogP contribution in [0.1, 0.15) is 45.6 Å². The quantitative estimate of drug-likeness (QED) is 0.600. The molecule has 3 rings (SSSR count). The average molecular weight is 477 g/mol. The standard InChI is InChI=1S/C23H33BFN3O6/c1-22(2)23(3,4)34-24(33-22)15-9-7-14(8-10-15)17(19(29)27(5)6)18(26-21(31)32)20(30)28-12-11-16(25)13-28/h7-10,16-18,26H,11-13H2,1-6H3,(H,31,32)/t16-,17+,18-/m0/s1. The Morgan fingerprint density at radius 3 is 2.15 bits per heavy atom. The lowest BCUT2D eigenvalue weighted by molar-refractivity contribution is -0.139. The molecule has 11 heteroatoms. The Hall–Kier alpha value is -2.66. The third-order valence-corrected chi connectivity index (χ3v) is 6.85. The second-order valence-corrected chi connectivity index (χ2v) is 10.1. The molecule has 0 unspecified atom stereocenters. The van der Waals surface area contributed by atoms with Gasteiger partial charge in [0.1, 0.15) is 12.2 Å². The number of benzene rings is 1. The van der Waals surface area contributed by atoms with E-state index in [9.17, 15) is 23.9 Å². The van der Waals surface area contributed by atoms with Crippen molar-refractivity contribution in [3.05, 3.63) is 29.8 Å². The molecule has 0 bridgehead atoms. The molecule has 2 heterocycles. The SMILES string of the molecule is CN(C)C(=O)[C@H](c1ccc(B2OC(C)(C)C(C)(C)O2)cc1)[C@H](NC(=O)O)C(=O)N1CC[C@H](F)C1. The molecule has 0 saturated carbocycles. The molecule has 2 saturated heterocycles. The van der Waals surface area contributed by atoms with E-state index in [1.807, 2.05) is 27.7 Å². The fourth-order valence-corrected chi connectivity index (χ4v) is 4.13. The fourth-order valence-electron chi connectivity index (χ4n) is 4.13. The van der Waals surface area contributed by atoms with Crippen molar-refractivity contribution in [1.82, 2.24) is 15.1 Å². The zero-order valence-corrected chi connectivity index (χ0v) is 20.5. The predicted molar refractivity (Wildman–Crippen MR) is 125 cm³/mol. The summed E-state index contributed by atoms with van der Waals surface area (Å²) in [5.41, 5.74) is 0.133. The molecule has 1 aromatic rings. The van der Waals surface area contributed by atoms with E-state index in [-0.39, 0.29) is 19.5 Å². The number of carbonyl (C=O) groups excluding carboxylic acids is 2. The first-order valence-corrected chi connectivity index (χ1v) is 11.3. The first-order chi connectivity index (χ1) is 15.7. The van der Waals surface area contributed by atoms with Crippen LogP contribution in [0, 0.1) is 0 Å². The van der Waals surface area contributed by atoms with Crippen LogP contribution < -0.4 is 10.8 Å². The second kappa shape index (κ2) is 9.54. The van der Waals surface area contributed by atoms with E-state index >= 15 is 0 Å². The van der Waals surface area contributed by atoms with E-state index in [0.29, 0.717) is 5.56 Å². The van der Waals surface area contributed by atoms with Gasteiger partial charge in [0, 0.05) is 20.6 Å². The van der Waals surface area contributed by atoms with Crippen LogP contribution in [0.5, 0.6) is 0 Å². The van der Waals surface area contributed by atoms with E-state index < -0.39 is 54.4 Å². The lowest BCUT2D eigenvalue weighted by Gasteiger charge is -2.32. The summed E-state index contributed by atoms with van der Waals surface area (Å²) in [7, 11) is 2.45. The van der Waals surface area contributed by atoms with Gasteiger partial charge in [-0.2, -0.15) is 0 Å². The van der Waals surface area contributed by atoms with Crippen molar-refractivity contribution in [3.63, 3.8) is 0 Å². The molecule has 0 aliphatic carbocycles. The maximum absolute atomic E-state index is 13.7. The maximum Gasteiger partial charge on any atom is 0.494 e. The van der Waals surface area contributed by atoms with E-state index in [2.05, 4.69) is 5.32 Å². The molecule has 9 nitrogen and oxygen atoms in total. The summed E-state index contributed by atoms with van der Waals surface area (Å²) in [6.07, 6.45) is -2.43. The Kier molecular flexibility index (Phi) is 7.28. The number of hydrogen-bond donors (Lipinski definition) is 2. The number of carboxylic acid groups (broad SMARTS) is 1. The lowest BCUT2D eigenvalue weighted by Crippen LogP contribution is -2.54. The van der Waals surface area contributed by atoms with Crippen molar-refractivity contribution < 1.29 is 33.2 Å². The van der Waals surface area contributed by atoms with Crippen LogP contribution in [0.25, 0.3) is 0 Å². The molecule has 3 amide bonds. The Bertz CT molecular complexity index is 923. The number of nitrogens with one attached hydrogen (secondary N) is 1. The number of likely N-dealkylation sites (tertiary alicyclic amines) is 1. The topological polar surface area (TPSA) is 108 Å². The number of likely N-dealkylation sites (N-methyl/N-ethyl adjacent to an activating group) is 1. The van der Waals surface area contributed by atoms with Crippen molar-refractivity contribution >= 4 is 30.5 Å². The van der Waals surface area contributed by atoms with Gasteiger partial charge in [0.25, 0.3) is 0 Å². The largest absolute Gasteiger partial charge is 0.494 e. The number of rotatable bonds is 6. The number of alkyl halides is 1. The molecule has 1 aromatic carbocycles. The molecular formula is C23H33BFN3O6. The van der Waals surface area contributed by atoms with Crippen LogP contribution in [0.4, 0.5) is 9.18 Å². The molecule has 0 spiro atoms. The third-order valence-electron chi connectivity index (χ3n) is 6.85. The Morgan fingerprint density at radius 2 is 1.71 bits per heavy atom. The molecule has 2 aliphatic heterocycles. The minimum atomic E-state index is -1.44. The summed E-state index contributed by atoms with van der Waals surface area (Å²) < 4.78 is 25.9. The van der Waals surface area contributed by atoms with E-state index in [4.69, 9.17) is 9.31 Å².